The second-order valence-corrected chi connectivity index (χ2v) is 29.8. The lowest BCUT2D eigenvalue weighted by Crippen LogP contribution is -2.30. The summed E-state index contributed by atoms with van der Waals surface area (Å²) >= 11 is 0. The van der Waals surface area contributed by atoms with Crippen molar-refractivity contribution in [2.75, 3.05) is 39.6 Å². The summed E-state index contributed by atoms with van der Waals surface area (Å²) in [5, 5.41) is 20.6. The SMILES string of the molecule is CCCCC/C=C\C/C=C\C/C=C\C/C=C\CCCCCCCCCCCCCCCCCCCC(=O)OCC(O)COP(=O)(O)OCC(O)COP(=O)(O)OCC(COC(=O)CCCCCCC/C=C\C/C=C\CCCCC)OC(=O)CCCCCCC/C=C\CCCCCCCC. The number of carbonyl (C=O) groups is 3. The van der Waals surface area contributed by atoms with Gasteiger partial charge in [-0.3, -0.25) is 32.5 Å². The third-order valence-electron chi connectivity index (χ3n) is 17.1. The van der Waals surface area contributed by atoms with E-state index in [1.54, 1.807) is 0 Å². The van der Waals surface area contributed by atoms with Crippen LogP contribution in [-0.4, -0.2) is 95.9 Å². The number of unbranched alkanes of at least 4 members (excludes halogenated alkanes) is 39. The van der Waals surface area contributed by atoms with Gasteiger partial charge < -0.3 is 34.2 Å². The Hall–Kier alpha value is -3.27. The third kappa shape index (κ3) is 75.7. The molecule has 5 atom stereocenters. The number of hydrogen-bond donors (Lipinski definition) is 4. The van der Waals surface area contributed by atoms with Crippen molar-refractivity contribution in [1.82, 2.24) is 0 Å². The highest BCUT2D eigenvalue weighted by atomic mass is 31.2. The molecular weight excluding hydrogens is 1290 g/mol. The van der Waals surface area contributed by atoms with E-state index in [4.69, 9.17) is 32.3 Å². The van der Waals surface area contributed by atoms with Gasteiger partial charge in [-0.15, -0.1) is 0 Å². The van der Waals surface area contributed by atoms with E-state index >= 15 is 0 Å². The fourth-order valence-corrected chi connectivity index (χ4v) is 12.5. The smallest absolute Gasteiger partial charge is 0.463 e. The number of hydrogen-bond acceptors (Lipinski definition) is 14. The molecule has 5 unspecified atom stereocenters. The number of esters is 3. The fraction of sp³-hybridized carbons (Fsp3) is 0.790. The molecule has 18 heteroatoms. The van der Waals surface area contributed by atoms with Crippen LogP contribution in [0, 0.1) is 0 Å². The Morgan fingerprint density at radius 3 is 0.828 bits per heavy atom. The molecule has 0 heterocycles. The quantitative estimate of drug-likeness (QED) is 0.0146. The molecule has 0 rings (SSSR count). The Bertz CT molecular complexity index is 2140. The molecule has 99 heavy (non-hydrogen) atoms. The molecule has 0 aliphatic carbocycles. The van der Waals surface area contributed by atoms with Crippen LogP contribution in [0.5, 0.6) is 0 Å². The Labute approximate surface area is 604 Å². The summed E-state index contributed by atoms with van der Waals surface area (Å²) in [6.07, 6.45) is 83.6. The monoisotopic (exact) mass is 1440 g/mol. The molecule has 576 valence electrons. The normalized spacial score (nSPS) is 14.5. The lowest BCUT2D eigenvalue weighted by molar-refractivity contribution is -0.161. The van der Waals surface area contributed by atoms with E-state index in [0.29, 0.717) is 19.3 Å². The molecule has 0 aliphatic heterocycles. The van der Waals surface area contributed by atoms with Crippen LogP contribution >= 0.6 is 15.6 Å². The van der Waals surface area contributed by atoms with Crippen LogP contribution in [0.3, 0.4) is 0 Å². The van der Waals surface area contributed by atoms with Crippen LogP contribution in [0.1, 0.15) is 355 Å². The molecule has 0 spiro atoms. The number of phosphoric acid groups is 2. The van der Waals surface area contributed by atoms with Gasteiger partial charge in [0, 0.05) is 19.3 Å². The van der Waals surface area contributed by atoms with Gasteiger partial charge in [0.15, 0.2) is 6.10 Å². The zero-order valence-corrected chi connectivity index (χ0v) is 64.7. The van der Waals surface area contributed by atoms with E-state index in [2.05, 4.69) is 106 Å². The Balaban J connectivity index is 4.38. The molecule has 0 saturated carbocycles. The van der Waals surface area contributed by atoms with Crippen LogP contribution in [0.2, 0.25) is 0 Å². The second-order valence-electron chi connectivity index (χ2n) is 26.9. The zero-order chi connectivity index (χ0) is 72.3. The lowest BCUT2D eigenvalue weighted by atomic mass is 10.0. The van der Waals surface area contributed by atoms with Gasteiger partial charge in [0.25, 0.3) is 0 Å². The highest BCUT2D eigenvalue weighted by molar-refractivity contribution is 7.47. The predicted molar refractivity (Wildman–Crippen MR) is 408 cm³/mol. The summed E-state index contributed by atoms with van der Waals surface area (Å²) in [7, 11) is -9.78. The second kappa shape index (κ2) is 74.4. The molecule has 0 radical (unpaired) electrons. The zero-order valence-electron chi connectivity index (χ0n) is 62.9. The van der Waals surface area contributed by atoms with Crippen LogP contribution in [0.15, 0.2) is 85.1 Å². The first-order chi connectivity index (χ1) is 48.2. The highest BCUT2D eigenvalue weighted by Crippen LogP contribution is 2.45. The maximum atomic E-state index is 12.9. The molecule has 0 aromatic heterocycles. The molecule has 4 N–H and O–H groups in total. The number of carbonyl (C=O) groups excluding carboxylic acids is 3. The van der Waals surface area contributed by atoms with Gasteiger partial charge in [-0.25, -0.2) is 9.13 Å². The topological polar surface area (TPSA) is 231 Å². The van der Waals surface area contributed by atoms with Crippen molar-refractivity contribution in [3.8, 4) is 0 Å². The first-order valence-electron chi connectivity index (χ1n) is 39.9. The van der Waals surface area contributed by atoms with Gasteiger partial charge in [-0.2, -0.15) is 0 Å². The molecule has 0 fully saturated rings. The van der Waals surface area contributed by atoms with Crippen molar-refractivity contribution >= 4 is 33.6 Å². The van der Waals surface area contributed by atoms with E-state index < -0.39 is 91.5 Å². The van der Waals surface area contributed by atoms with Gasteiger partial charge in [0.05, 0.1) is 26.4 Å². The van der Waals surface area contributed by atoms with Gasteiger partial charge in [0.2, 0.25) is 0 Å². The molecule has 0 bridgehead atoms. The number of aliphatic hydroxyl groups excluding tert-OH is 2. The average molecular weight is 1440 g/mol. The van der Waals surface area contributed by atoms with Gasteiger partial charge in [-0.05, 0) is 122 Å². The number of aliphatic hydroxyl groups is 2. The molecule has 0 aromatic rings. The van der Waals surface area contributed by atoms with E-state index in [-0.39, 0.29) is 19.3 Å². The van der Waals surface area contributed by atoms with Crippen LogP contribution in [0.4, 0.5) is 0 Å². The fourth-order valence-electron chi connectivity index (χ4n) is 10.9. The first kappa shape index (κ1) is 95.7. The number of phosphoric ester groups is 2. The van der Waals surface area contributed by atoms with Crippen molar-refractivity contribution in [1.29, 1.82) is 0 Å². The van der Waals surface area contributed by atoms with Crippen molar-refractivity contribution in [2.24, 2.45) is 0 Å². The first-order valence-corrected chi connectivity index (χ1v) is 42.9. The van der Waals surface area contributed by atoms with E-state index in [0.717, 1.165) is 122 Å². The Morgan fingerprint density at radius 2 is 0.505 bits per heavy atom. The minimum atomic E-state index is -4.93. The van der Waals surface area contributed by atoms with Crippen molar-refractivity contribution in [3.63, 3.8) is 0 Å². The number of allylic oxidation sites excluding steroid dienone is 14. The number of rotatable bonds is 76. The predicted octanol–water partition coefficient (Wildman–Crippen LogP) is 23.2. The molecule has 0 amide bonds. The average Bonchev–Trinajstić information content (AvgIpc) is 1.43. The minimum Gasteiger partial charge on any atom is -0.463 e. The maximum Gasteiger partial charge on any atom is 0.472 e. The molecule has 0 saturated heterocycles. The Morgan fingerprint density at radius 1 is 0.283 bits per heavy atom. The molecule has 0 aromatic carbocycles. The van der Waals surface area contributed by atoms with Gasteiger partial charge in [0.1, 0.15) is 25.4 Å². The van der Waals surface area contributed by atoms with E-state index in [1.807, 2.05) is 0 Å². The standard InChI is InChI=1S/C81H146O16P2/c1-4-7-10-13-16-19-22-25-28-29-30-31-32-33-34-35-36-37-38-39-40-41-42-43-44-45-48-50-52-55-58-61-64-67-79(84)91-70-76(82)71-93-98(87,88)94-72-77(83)73-95-99(89,90)96-75-78(97-81(86)69-66-63-60-57-54-51-47-27-24-21-18-15-12-9-6-3)74-92-80(85)68-65-62-59-56-53-49-46-26-23-20-17-14-11-8-5-2/h16-17,19-20,25-28,30-31,33-34,46-47,76-78,82-83H,4-15,18,21-24,29,32,35-45,48-75H2,1-3H3,(H,87,88)(H,89,90)/b19-16-,20-17-,28-25-,31-30-,34-33-,46-26-,47-27-. The largest absolute Gasteiger partial charge is 0.472 e. The summed E-state index contributed by atoms with van der Waals surface area (Å²) in [6, 6.07) is 0. The third-order valence-corrected chi connectivity index (χ3v) is 19.0. The lowest BCUT2D eigenvalue weighted by Gasteiger charge is -2.21. The van der Waals surface area contributed by atoms with Crippen LogP contribution in [-0.2, 0) is 55.8 Å². The van der Waals surface area contributed by atoms with Gasteiger partial charge >= 0.3 is 33.6 Å². The van der Waals surface area contributed by atoms with Crippen molar-refractivity contribution in [2.45, 2.75) is 373 Å². The molecule has 0 aliphatic rings. The molecular formula is C81H146O16P2. The van der Waals surface area contributed by atoms with Crippen molar-refractivity contribution < 1.29 is 75.8 Å². The summed E-state index contributed by atoms with van der Waals surface area (Å²) < 4.78 is 61.1. The summed E-state index contributed by atoms with van der Waals surface area (Å²) in [5.74, 6) is -1.59. The summed E-state index contributed by atoms with van der Waals surface area (Å²) in [6.45, 7) is 2.63. The van der Waals surface area contributed by atoms with Crippen molar-refractivity contribution in [3.05, 3.63) is 85.1 Å². The number of ether oxygens (including phenoxy) is 3. The summed E-state index contributed by atoms with van der Waals surface area (Å²) in [5.41, 5.74) is 0. The summed E-state index contributed by atoms with van der Waals surface area (Å²) in [4.78, 5) is 58.5. The minimum absolute atomic E-state index is 0.0938. The van der Waals surface area contributed by atoms with Crippen LogP contribution < -0.4 is 0 Å². The van der Waals surface area contributed by atoms with Crippen LogP contribution in [0.25, 0.3) is 0 Å². The highest BCUT2D eigenvalue weighted by Gasteiger charge is 2.29. The van der Waals surface area contributed by atoms with E-state index in [1.165, 1.54) is 173 Å². The van der Waals surface area contributed by atoms with E-state index in [9.17, 15) is 43.5 Å². The van der Waals surface area contributed by atoms with Gasteiger partial charge in [-0.1, -0.05) is 298 Å². The Kier molecular flexibility index (Phi) is 72.0. The molecule has 16 nitrogen and oxygen atoms in total. The maximum absolute atomic E-state index is 12.9.